The maximum atomic E-state index is 11.8. The van der Waals surface area contributed by atoms with Gasteiger partial charge in [-0.2, -0.15) is 0 Å². The highest BCUT2D eigenvalue weighted by molar-refractivity contribution is 5.07. The summed E-state index contributed by atoms with van der Waals surface area (Å²) in [5.74, 6) is 0. The fourth-order valence-electron chi connectivity index (χ4n) is 2.64. The van der Waals surface area contributed by atoms with Crippen molar-refractivity contribution in [3.63, 3.8) is 0 Å². The predicted molar refractivity (Wildman–Crippen MR) is 61.6 cm³/mol. The molecule has 19 heavy (non-hydrogen) atoms. The maximum Gasteiger partial charge on any atom is 0.330 e. The Balaban J connectivity index is 2.04. The Kier molecular flexibility index (Phi) is 2.82. The van der Waals surface area contributed by atoms with E-state index in [-0.39, 0.29) is 6.61 Å². The molecule has 0 unspecified atom stereocenters. The number of nitrogens with one attached hydrogen (secondary N) is 1. The molecule has 1 spiro atoms. The van der Waals surface area contributed by atoms with Crippen LogP contribution in [0.1, 0.15) is 12.6 Å². The van der Waals surface area contributed by atoms with Gasteiger partial charge in [-0.05, 0) is 0 Å². The molecule has 1 aromatic heterocycles. The smallest absolute Gasteiger partial charge is 0.330 e. The third-order valence-electron chi connectivity index (χ3n) is 3.72. The molecule has 0 saturated carbocycles. The van der Waals surface area contributed by atoms with Crippen molar-refractivity contribution in [1.82, 2.24) is 9.55 Å². The highest BCUT2D eigenvalue weighted by Gasteiger charge is 2.61. The molecule has 0 radical (unpaired) electrons. The molecule has 1 aromatic rings. The number of aliphatic hydroxyl groups excluding tert-OH is 2. The fourth-order valence-corrected chi connectivity index (χ4v) is 2.64. The number of ether oxygens (including phenoxy) is 2. The summed E-state index contributed by atoms with van der Waals surface area (Å²) < 4.78 is 12.1. The zero-order valence-corrected chi connectivity index (χ0v) is 9.98. The van der Waals surface area contributed by atoms with E-state index in [4.69, 9.17) is 9.47 Å². The Morgan fingerprint density at radius 2 is 2.26 bits per heavy atom. The van der Waals surface area contributed by atoms with Gasteiger partial charge in [0.05, 0.1) is 13.2 Å². The van der Waals surface area contributed by atoms with Gasteiger partial charge in [-0.15, -0.1) is 0 Å². The summed E-state index contributed by atoms with van der Waals surface area (Å²) >= 11 is 0. The monoisotopic (exact) mass is 270 g/mol. The zero-order valence-electron chi connectivity index (χ0n) is 9.98. The molecule has 0 bridgehead atoms. The minimum Gasteiger partial charge on any atom is -0.394 e. The van der Waals surface area contributed by atoms with Crippen molar-refractivity contribution in [3.05, 3.63) is 33.1 Å². The molecule has 3 heterocycles. The van der Waals surface area contributed by atoms with Crippen molar-refractivity contribution in [3.8, 4) is 0 Å². The highest BCUT2D eigenvalue weighted by Crippen LogP contribution is 2.47. The molecule has 0 aromatic carbocycles. The molecule has 2 saturated heterocycles. The van der Waals surface area contributed by atoms with Gasteiger partial charge in [0, 0.05) is 18.7 Å². The highest BCUT2D eigenvalue weighted by atomic mass is 16.6. The quantitative estimate of drug-likeness (QED) is 0.570. The van der Waals surface area contributed by atoms with Gasteiger partial charge in [0.1, 0.15) is 17.8 Å². The second-order valence-corrected chi connectivity index (χ2v) is 4.73. The maximum absolute atomic E-state index is 11.8. The Hall–Kier alpha value is -1.48. The number of rotatable bonds is 2. The van der Waals surface area contributed by atoms with Crippen molar-refractivity contribution in [2.75, 3.05) is 13.2 Å². The Morgan fingerprint density at radius 1 is 1.53 bits per heavy atom. The van der Waals surface area contributed by atoms with Crippen LogP contribution in [0, 0.1) is 0 Å². The Labute approximate surface area is 107 Å². The van der Waals surface area contributed by atoms with Crippen molar-refractivity contribution in [2.45, 2.75) is 30.5 Å². The van der Waals surface area contributed by atoms with Crippen molar-refractivity contribution >= 4 is 0 Å². The molecular formula is C11H14N2O6. The summed E-state index contributed by atoms with van der Waals surface area (Å²) in [7, 11) is 0. The van der Waals surface area contributed by atoms with E-state index in [0.717, 1.165) is 0 Å². The van der Waals surface area contributed by atoms with Crippen LogP contribution in [-0.4, -0.2) is 50.8 Å². The minimum atomic E-state index is -1.03. The lowest BCUT2D eigenvalue weighted by Crippen LogP contribution is -2.57. The summed E-state index contributed by atoms with van der Waals surface area (Å²) in [5, 5.41) is 19.3. The van der Waals surface area contributed by atoms with E-state index in [2.05, 4.69) is 4.98 Å². The molecule has 104 valence electrons. The van der Waals surface area contributed by atoms with Crippen LogP contribution in [0.25, 0.3) is 0 Å². The lowest BCUT2D eigenvalue weighted by atomic mass is 9.86. The van der Waals surface area contributed by atoms with Crippen molar-refractivity contribution < 1.29 is 19.7 Å². The number of H-pyrrole nitrogens is 1. The number of aliphatic hydroxyl groups is 2. The molecule has 8 heteroatoms. The summed E-state index contributed by atoms with van der Waals surface area (Å²) in [5.41, 5.74) is -2.18. The molecule has 2 aliphatic rings. The topological polar surface area (TPSA) is 114 Å². The first kappa shape index (κ1) is 12.5. The largest absolute Gasteiger partial charge is 0.394 e. The van der Waals surface area contributed by atoms with Gasteiger partial charge in [-0.3, -0.25) is 14.3 Å². The minimum absolute atomic E-state index is 0.374. The number of nitrogens with zero attached hydrogens (tertiary/aromatic N) is 1. The standard InChI is InChI=1S/C11H14N2O6/c14-5-6-8(16)11(2-4-18-11)9(19-6)13-3-1-7(15)12-10(13)17/h1,3,6,8-9,14,16H,2,4-5H2,(H,12,15,17)/t6-,8-,9+,11-/m1/s1. The van der Waals surface area contributed by atoms with Crippen LogP contribution in [0.4, 0.5) is 0 Å². The zero-order chi connectivity index (χ0) is 13.6. The summed E-state index contributed by atoms with van der Waals surface area (Å²) in [6, 6.07) is 1.19. The fraction of sp³-hybridized carbons (Fsp3) is 0.636. The van der Waals surface area contributed by atoms with E-state index in [0.29, 0.717) is 13.0 Å². The second kappa shape index (κ2) is 4.27. The average Bonchev–Trinajstić information content (AvgIpc) is 2.62. The van der Waals surface area contributed by atoms with E-state index >= 15 is 0 Å². The van der Waals surface area contributed by atoms with E-state index in [1.165, 1.54) is 16.8 Å². The molecule has 2 fully saturated rings. The van der Waals surface area contributed by atoms with E-state index in [1.54, 1.807) is 0 Å². The van der Waals surface area contributed by atoms with Gasteiger partial charge in [0.15, 0.2) is 6.23 Å². The number of hydrogen-bond donors (Lipinski definition) is 3. The lowest BCUT2D eigenvalue weighted by molar-refractivity contribution is -0.227. The Bertz CT molecular complexity index is 589. The molecular weight excluding hydrogens is 256 g/mol. The van der Waals surface area contributed by atoms with E-state index in [9.17, 15) is 19.8 Å². The second-order valence-electron chi connectivity index (χ2n) is 4.73. The van der Waals surface area contributed by atoms with Gasteiger partial charge >= 0.3 is 5.69 Å². The third kappa shape index (κ3) is 1.68. The first-order valence-electron chi connectivity index (χ1n) is 5.98. The molecule has 8 nitrogen and oxygen atoms in total. The summed E-state index contributed by atoms with van der Waals surface area (Å²) in [6.07, 6.45) is -0.889. The lowest BCUT2D eigenvalue weighted by Gasteiger charge is -2.44. The summed E-state index contributed by atoms with van der Waals surface area (Å²) in [4.78, 5) is 25.0. The SMILES string of the molecule is O=c1ccn([C@H]2O[C@H](CO)[C@@H](O)[C@]23CCO3)c(=O)[nH]1. The number of aromatic amines is 1. The molecule has 4 atom stereocenters. The van der Waals surface area contributed by atoms with Crippen molar-refractivity contribution in [1.29, 1.82) is 0 Å². The van der Waals surface area contributed by atoms with Crippen LogP contribution < -0.4 is 11.2 Å². The van der Waals surface area contributed by atoms with Gasteiger partial charge in [0.2, 0.25) is 0 Å². The van der Waals surface area contributed by atoms with E-state index in [1.807, 2.05) is 0 Å². The molecule has 0 amide bonds. The van der Waals surface area contributed by atoms with Crippen LogP contribution in [0.5, 0.6) is 0 Å². The molecule has 3 rings (SSSR count). The number of hydrogen-bond acceptors (Lipinski definition) is 6. The normalized spacial score (nSPS) is 37.5. The van der Waals surface area contributed by atoms with Gasteiger partial charge in [-0.25, -0.2) is 4.79 Å². The van der Waals surface area contributed by atoms with Gasteiger partial charge < -0.3 is 19.7 Å². The number of aromatic nitrogens is 2. The third-order valence-corrected chi connectivity index (χ3v) is 3.72. The Morgan fingerprint density at radius 3 is 2.79 bits per heavy atom. The average molecular weight is 270 g/mol. The van der Waals surface area contributed by atoms with Crippen molar-refractivity contribution in [2.24, 2.45) is 0 Å². The van der Waals surface area contributed by atoms with Gasteiger partial charge in [0.25, 0.3) is 5.56 Å². The van der Waals surface area contributed by atoms with Crippen LogP contribution in [0.15, 0.2) is 21.9 Å². The van der Waals surface area contributed by atoms with E-state index < -0.39 is 35.3 Å². The molecule has 0 aliphatic carbocycles. The van der Waals surface area contributed by atoms with Crippen LogP contribution in [0.2, 0.25) is 0 Å². The summed E-state index contributed by atoms with van der Waals surface area (Å²) in [6.45, 7) is 0.0774. The van der Waals surface area contributed by atoms with Crippen LogP contribution in [-0.2, 0) is 9.47 Å². The first-order chi connectivity index (χ1) is 9.08. The van der Waals surface area contributed by atoms with Crippen LogP contribution in [0.3, 0.4) is 0 Å². The molecule has 2 aliphatic heterocycles. The molecule has 3 N–H and O–H groups in total. The predicted octanol–water partition coefficient (Wildman–Crippen LogP) is -2.05. The van der Waals surface area contributed by atoms with Crippen LogP contribution >= 0.6 is 0 Å². The van der Waals surface area contributed by atoms with Gasteiger partial charge in [-0.1, -0.05) is 0 Å². The first-order valence-corrected chi connectivity index (χ1v) is 5.98.